The van der Waals surface area contributed by atoms with E-state index in [0.717, 1.165) is 0 Å². The molecule has 0 aliphatic carbocycles. The molecule has 2 aromatic carbocycles. The van der Waals surface area contributed by atoms with Gasteiger partial charge in [-0.1, -0.05) is 36.4 Å². The van der Waals surface area contributed by atoms with Gasteiger partial charge in [0.05, 0.1) is 13.2 Å². The van der Waals surface area contributed by atoms with E-state index in [-0.39, 0.29) is 24.1 Å². The van der Waals surface area contributed by atoms with E-state index in [0.29, 0.717) is 23.4 Å². The predicted octanol–water partition coefficient (Wildman–Crippen LogP) is 9.09. The average molecular weight is 660 g/mol. The molecule has 0 spiro atoms. The average Bonchev–Trinajstić information content (AvgIpc) is 2.90. The van der Waals surface area contributed by atoms with Gasteiger partial charge in [-0.2, -0.15) is 74.6 Å². The van der Waals surface area contributed by atoms with Crippen LogP contribution in [0.3, 0.4) is 0 Å². The number of halogens is 17. The molecule has 1 atom stereocenters. The van der Waals surface area contributed by atoms with E-state index in [1.807, 2.05) is 0 Å². The van der Waals surface area contributed by atoms with Crippen molar-refractivity contribution >= 4 is 0 Å². The largest absolute Gasteiger partial charge is 0.497 e. The molecule has 0 radical (unpaired) electrons. The van der Waals surface area contributed by atoms with Crippen LogP contribution >= 0.6 is 0 Å². The second-order valence-corrected chi connectivity index (χ2v) is 8.92. The third kappa shape index (κ3) is 5.56. The SMILES string of the molecule is COc1ccc(C(Cc2ccc(C(F)(F)C(F)(F)C(F)(F)C(F)(F)C(F)(F)C(F)(F)C(F)(F)C(F)(F)F)cc2)OC)cc1. The Hall–Kier alpha value is -2.99. The Morgan fingerprint density at radius 1 is 0.512 bits per heavy atom. The summed E-state index contributed by atoms with van der Waals surface area (Å²) in [5, 5.41) is 0. The Labute approximate surface area is 230 Å². The summed E-state index contributed by atoms with van der Waals surface area (Å²) in [6.07, 6.45) is -8.86. The first-order valence-electron chi connectivity index (χ1n) is 11.2. The van der Waals surface area contributed by atoms with E-state index in [1.54, 1.807) is 0 Å². The van der Waals surface area contributed by atoms with Crippen molar-refractivity contribution < 1.29 is 84.1 Å². The number of alkyl halides is 17. The number of methoxy groups -OCH3 is 2. The van der Waals surface area contributed by atoms with Crippen molar-refractivity contribution in [2.24, 2.45) is 0 Å². The minimum atomic E-state index is -8.66. The van der Waals surface area contributed by atoms with Gasteiger partial charge in [-0.3, -0.25) is 0 Å². The van der Waals surface area contributed by atoms with Gasteiger partial charge in [0, 0.05) is 19.1 Å². The van der Waals surface area contributed by atoms with Crippen molar-refractivity contribution in [1.29, 1.82) is 0 Å². The highest BCUT2D eigenvalue weighted by atomic mass is 19.4. The van der Waals surface area contributed by atoms with Crippen molar-refractivity contribution in [3.63, 3.8) is 0 Å². The van der Waals surface area contributed by atoms with E-state index in [4.69, 9.17) is 9.47 Å². The summed E-state index contributed by atoms with van der Waals surface area (Å²) in [4.78, 5) is 0. The Morgan fingerprint density at radius 2 is 0.907 bits per heavy atom. The van der Waals surface area contributed by atoms with Crippen LogP contribution in [-0.2, 0) is 17.1 Å². The summed E-state index contributed by atoms with van der Waals surface area (Å²) in [5.41, 5.74) is -1.85. The lowest BCUT2D eigenvalue weighted by Crippen LogP contribution is -2.74. The van der Waals surface area contributed by atoms with Gasteiger partial charge in [0.25, 0.3) is 0 Å². The number of rotatable bonds is 12. The highest BCUT2D eigenvalue weighted by Gasteiger charge is 2.95. The molecule has 2 aromatic rings. The standard InChI is InChI=1S/C24H17F17O2/c1-42-15-9-5-13(6-10-15)16(43-2)11-12-3-7-14(8-4-12)17(25,26)18(27,28)19(29,30)20(31,32)21(33,34)22(35,36)23(37,38)24(39,40)41/h3-10,16H,11H2,1-2H3. The molecule has 244 valence electrons. The maximum absolute atomic E-state index is 14.5. The molecule has 0 bridgehead atoms. The van der Waals surface area contributed by atoms with Gasteiger partial charge < -0.3 is 9.47 Å². The summed E-state index contributed by atoms with van der Waals surface area (Å²) >= 11 is 0. The Morgan fingerprint density at radius 3 is 1.28 bits per heavy atom. The van der Waals surface area contributed by atoms with Gasteiger partial charge in [0.1, 0.15) is 5.75 Å². The molecule has 0 heterocycles. The minimum absolute atomic E-state index is 0.0387. The summed E-state index contributed by atoms with van der Waals surface area (Å²) in [6, 6.07) is 7.02. The van der Waals surface area contributed by atoms with Crippen molar-refractivity contribution in [3.05, 3.63) is 65.2 Å². The molecule has 0 saturated carbocycles. The molecule has 0 N–H and O–H groups in total. The number of ether oxygens (including phenoxy) is 2. The quantitative estimate of drug-likeness (QED) is 0.212. The van der Waals surface area contributed by atoms with Crippen LogP contribution in [0.25, 0.3) is 0 Å². The minimum Gasteiger partial charge on any atom is -0.497 e. The molecule has 2 nitrogen and oxygen atoms in total. The number of hydrogen-bond donors (Lipinski definition) is 0. The first-order valence-corrected chi connectivity index (χ1v) is 11.2. The van der Waals surface area contributed by atoms with E-state index in [1.165, 1.54) is 38.5 Å². The molecule has 2 rings (SSSR count). The molecular weight excluding hydrogens is 643 g/mol. The van der Waals surface area contributed by atoms with E-state index in [2.05, 4.69) is 0 Å². The van der Waals surface area contributed by atoms with E-state index < -0.39 is 59.3 Å². The van der Waals surface area contributed by atoms with Gasteiger partial charge in [0.2, 0.25) is 0 Å². The molecule has 1 unspecified atom stereocenters. The molecule has 0 fully saturated rings. The second kappa shape index (κ2) is 11.2. The molecular formula is C24H17F17O2. The molecule has 19 heteroatoms. The third-order valence-electron chi connectivity index (χ3n) is 6.23. The molecule has 0 aliphatic rings. The lowest BCUT2D eigenvalue weighted by Gasteiger charge is -2.42. The summed E-state index contributed by atoms with van der Waals surface area (Å²) in [5.74, 6) is -56.3. The summed E-state index contributed by atoms with van der Waals surface area (Å²) in [7, 11) is 2.55. The van der Waals surface area contributed by atoms with Crippen LogP contribution in [0.5, 0.6) is 5.75 Å². The molecule has 0 aliphatic heterocycles. The highest BCUT2D eigenvalue weighted by molar-refractivity contribution is 5.32. The normalized spacial score (nSPS) is 15.4. The highest BCUT2D eigenvalue weighted by Crippen LogP contribution is 2.65. The summed E-state index contributed by atoms with van der Waals surface area (Å²) in [6.45, 7) is 0. The van der Waals surface area contributed by atoms with E-state index >= 15 is 0 Å². The molecule has 43 heavy (non-hydrogen) atoms. The van der Waals surface area contributed by atoms with Crippen LogP contribution in [0.2, 0.25) is 0 Å². The van der Waals surface area contributed by atoms with Crippen LogP contribution < -0.4 is 4.74 Å². The molecule has 0 saturated heterocycles. The van der Waals surface area contributed by atoms with Crippen LogP contribution in [0.4, 0.5) is 74.6 Å². The fraction of sp³-hybridized carbons (Fsp3) is 0.500. The molecule has 0 aromatic heterocycles. The monoisotopic (exact) mass is 660 g/mol. The Balaban J connectivity index is 2.46. The lowest BCUT2D eigenvalue weighted by molar-refractivity contribution is -0.462. The molecule has 0 amide bonds. The fourth-order valence-electron chi connectivity index (χ4n) is 3.57. The van der Waals surface area contributed by atoms with Crippen LogP contribution in [0.1, 0.15) is 22.8 Å². The van der Waals surface area contributed by atoms with Crippen LogP contribution in [0, 0.1) is 0 Å². The Bertz CT molecular complexity index is 1240. The van der Waals surface area contributed by atoms with Gasteiger partial charge in [0.15, 0.2) is 0 Å². The number of benzene rings is 2. The first-order chi connectivity index (χ1) is 19.2. The smallest absolute Gasteiger partial charge is 0.460 e. The fourth-order valence-corrected chi connectivity index (χ4v) is 3.57. The maximum Gasteiger partial charge on any atom is 0.460 e. The van der Waals surface area contributed by atoms with Crippen molar-refractivity contribution in [2.45, 2.75) is 60.2 Å². The predicted molar refractivity (Wildman–Crippen MR) is 113 cm³/mol. The number of hydrogen-bond acceptors (Lipinski definition) is 2. The topological polar surface area (TPSA) is 18.5 Å². The van der Waals surface area contributed by atoms with Crippen LogP contribution in [0.15, 0.2) is 48.5 Å². The third-order valence-corrected chi connectivity index (χ3v) is 6.23. The van der Waals surface area contributed by atoms with Gasteiger partial charge in [-0.25, -0.2) is 0 Å². The second-order valence-electron chi connectivity index (χ2n) is 8.92. The maximum atomic E-state index is 14.5. The van der Waals surface area contributed by atoms with Crippen molar-refractivity contribution in [3.8, 4) is 5.75 Å². The van der Waals surface area contributed by atoms with Crippen molar-refractivity contribution in [1.82, 2.24) is 0 Å². The van der Waals surface area contributed by atoms with Gasteiger partial charge in [-0.05, 0) is 23.3 Å². The summed E-state index contributed by atoms with van der Waals surface area (Å²) < 4.78 is 240. The van der Waals surface area contributed by atoms with E-state index in [9.17, 15) is 74.6 Å². The zero-order valence-corrected chi connectivity index (χ0v) is 21.1. The lowest BCUT2D eigenvalue weighted by atomic mass is 9.87. The Kier molecular flexibility index (Phi) is 9.41. The zero-order chi connectivity index (χ0) is 33.7. The van der Waals surface area contributed by atoms with Gasteiger partial charge in [-0.15, -0.1) is 0 Å². The van der Waals surface area contributed by atoms with Gasteiger partial charge >= 0.3 is 47.6 Å². The first kappa shape index (κ1) is 36.2. The van der Waals surface area contributed by atoms with Crippen LogP contribution in [-0.4, -0.2) is 55.9 Å². The van der Waals surface area contributed by atoms with Crippen molar-refractivity contribution in [2.75, 3.05) is 14.2 Å². The zero-order valence-electron chi connectivity index (χ0n) is 21.1.